The Hall–Kier alpha value is -1.43. The Morgan fingerprint density at radius 3 is 2.65 bits per heavy atom. The summed E-state index contributed by atoms with van der Waals surface area (Å²) in [5.41, 5.74) is 0.311. The van der Waals surface area contributed by atoms with E-state index in [-0.39, 0.29) is 0 Å². The Bertz CT molecular complexity index is 631. The van der Waals surface area contributed by atoms with Crippen LogP contribution in [-0.4, -0.2) is 27.8 Å². The van der Waals surface area contributed by atoms with E-state index in [1.54, 1.807) is 6.92 Å². The first-order valence-electron chi connectivity index (χ1n) is 6.49. The van der Waals surface area contributed by atoms with Gasteiger partial charge in [0.25, 0.3) is 0 Å². The molecule has 20 heavy (non-hydrogen) atoms. The average Bonchev–Trinajstić information content (AvgIpc) is 2.75. The third-order valence-corrected chi connectivity index (χ3v) is 4.86. The van der Waals surface area contributed by atoms with Crippen LogP contribution < -0.4 is 5.32 Å². The standard InChI is InChI=1S/C15H19NO3S/c1-9(17)15(2,3)16-8-11-10-6-4-5-7-12(10)20-13(11)14(18)19/h4-7,9,16-17H,8H2,1-3H3,(H,18,19). The Morgan fingerprint density at radius 2 is 2.05 bits per heavy atom. The summed E-state index contributed by atoms with van der Waals surface area (Å²) in [6, 6.07) is 7.67. The van der Waals surface area contributed by atoms with Crippen molar-refractivity contribution in [1.82, 2.24) is 5.32 Å². The van der Waals surface area contributed by atoms with Gasteiger partial charge in [0, 0.05) is 16.8 Å². The first-order valence-corrected chi connectivity index (χ1v) is 7.31. The van der Waals surface area contributed by atoms with Gasteiger partial charge in [0.05, 0.1) is 6.10 Å². The highest BCUT2D eigenvalue weighted by Crippen LogP contribution is 2.31. The molecule has 2 rings (SSSR count). The van der Waals surface area contributed by atoms with Crippen LogP contribution in [0.1, 0.15) is 36.0 Å². The number of carboxylic acid groups (broad SMARTS) is 1. The maximum atomic E-state index is 11.4. The van der Waals surface area contributed by atoms with Crippen LogP contribution in [0.2, 0.25) is 0 Å². The van der Waals surface area contributed by atoms with Gasteiger partial charge in [-0.15, -0.1) is 11.3 Å². The van der Waals surface area contributed by atoms with Crippen LogP contribution in [-0.2, 0) is 6.54 Å². The van der Waals surface area contributed by atoms with Crippen molar-refractivity contribution in [3.05, 3.63) is 34.7 Å². The number of carboxylic acids is 1. The number of thiophene rings is 1. The van der Waals surface area contributed by atoms with Crippen molar-refractivity contribution in [2.24, 2.45) is 0 Å². The molecule has 1 aromatic heterocycles. The molecular formula is C15H19NO3S. The van der Waals surface area contributed by atoms with Crippen molar-refractivity contribution in [3.8, 4) is 0 Å². The maximum absolute atomic E-state index is 11.4. The van der Waals surface area contributed by atoms with Gasteiger partial charge in [-0.2, -0.15) is 0 Å². The van der Waals surface area contributed by atoms with Gasteiger partial charge in [0.15, 0.2) is 0 Å². The predicted octanol–water partition coefficient (Wildman–Crippen LogP) is 2.85. The van der Waals surface area contributed by atoms with E-state index < -0.39 is 17.6 Å². The summed E-state index contributed by atoms with van der Waals surface area (Å²) in [5.74, 6) is -0.905. The second-order valence-electron chi connectivity index (χ2n) is 5.46. The minimum atomic E-state index is -0.905. The van der Waals surface area contributed by atoms with E-state index in [0.29, 0.717) is 11.4 Å². The van der Waals surface area contributed by atoms with E-state index in [2.05, 4.69) is 5.32 Å². The van der Waals surface area contributed by atoms with Crippen molar-refractivity contribution in [1.29, 1.82) is 0 Å². The predicted molar refractivity (Wildman–Crippen MR) is 81.4 cm³/mol. The molecule has 3 N–H and O–H groups in total. The largest absolute Gasteiger partial charge is 0.477 e. The smallest absolute Gasteiger partial charge is 0.346 e. The lowest BCUT2D eigenvalue weighted by Crippen LogP contribution is -2.47. The second-order valence-corrected chi connectivity index (χ2v) is 6.51. The van der Waals surface area contributed by atoms with Gasteiger partial charge >= 0.3 is 5.97 Å². The van der Waals surface area contributed by atoms with Crippen LogP contribution in [0.4, 0.5) is 0 Å². The van der Waals surface area contributed by atoms with E-state index in [4.69, 9.17) is 0 Å². The molecular weight excluding hydrogens is 274 g/mol. The van der Waals surface area contributed by atoms with E-state index in [0.717, 1.165) is 15.6 Å². The topological polar surface area (TPSA) is 69.6 Å². The molecule has 5 heteroatoms. The van der Waals surface area contributed by atoms with Crippen LogP contribution in [0.15, 0.2) is 24.3 Å². The Morgan fingerprint density at radius 1 is 1.40 bits per heavy atom. The summed E-state index contributed by atoms with van der Waals surface area (Å²) in [6.45, 7) is 5.93. The van der Waals surface area contributed by atoms with Crippen molar-refractivity contribution in [3.63, 3.8) is 0 Å². The molecule has 0 aliphatic heterocycles. The minimum Gasteiger partial charge on any atom is -0.477 e. The molecule has 2 aromatic rings. The van der Waals surface area contributed by atoms with E-state index >= 15 is 0 Å². The average molecular weight is 293 g/mol. The van der Waals surface area contributed by atoms with Crippen molar-refractivity contribution < 1.29 is 15.0 Å². The summed E-state index contributed by atoms with van der Waals surface area (Å²) in [7, 11) is 0. The van der Waals surface area contributed by atoms with Crippen molar-refractivity contribution >= 4 is 27.4 Å². The molecule has 1 atom stereocenters. The number of aromatic carboxylic acids is 1. The van der Waals surface area contributed by atoms with Gasteiger partial charge in [-0.25, -0.2) is 4.79 Å². The number of benzene rings is 1. The molecule has 0 saturated carbocycles. The first kappa shape index (κ1) is 15.0. The molecule has 0 spiro atoms. The zero-order valence-electron chi connectivity index (χ0n) is 11.8. The molecule has 0 bridgehead atoms. The monoisotopic (exact) mass is 293 g/mol. The Balaban J connectivity index is 2.37. The minimum absolute atomic E-state index is 0.361. The lowest BCUT2D eigenvalue weighted by atomic mass is 9.98. The first-order chi connectivity index (χ1) is 9.33. The molecule has 0 amide bonds. The Kier molecular flexibility index (Phi) is 4.13. The van der Waals surface area contributed by atoms with Crippen molar-refractivity contribution in [2.75, 3.05) is 0 Å². The zero-order chi connectivity index (χ0) is 14.9. The summed E-state index contributed by atoms with van der Waals surface area (Å²) < 4.78 is 0.969. The quantitative estimate of drug-likeness (QED) is 0.793. The molecule has 0 aliphatic rings. The van der Waals surface area contributed by atoms with Crippen LogP contribution >= 0.6 is 11.3 Å². The third kappa shape index (κ3) is 2.85. The fourth-order valence-corrected chi connectivity index (χ4v) is 2.97. The molecule has 0 aliphatic carbocycles. The van der Waals surface area contributed by atoms with E-state index in [9.17, 15) is 15.0 Å². The van der Waals surface area contributed by atoms with E-state index in [1.807, 2.05) is 38.1 Å². The number of aliphatic hydroxyl groups excluding tert-OH is 1. The van der Waals surface area contributed by atoms with Gasteiger partial charge in [0.2, 0.25) is 0 Å². The number of hydrogen-bond acceptors (Lipinski definition) is 4. The van der Waals surface area contributed by atoms with Gasteiger partial charge in [-0.05, 0) is 37.8 Å². The number of rotatable bonds is 5. The number of hydrogen-bond donors (Lipinski definition) is 3. The van der Waals surface area contributed by atoms with Crippen molar-refractivity contribution in [2.45, 2.75) is 39.0 Å². The highest BCUT2D eigenvalue weighted by atomic mass is 32.1. The van der Waals surface area contributed by atoms with E-state index in [1.165, 1.54) is 11.3 Å². The summed E-state index contributed by atoms with van der Waals surface area (Å²) in [4.78, 5) is 11.7. The summed E-state index contributed by atoms with van der Waals surface area (Å²) in [6.07, 6.45) is -0.527. The van der Waals surface area contributed by atoms with Crippen LogP contribution in [0.25, 0.3) is 10.1 Å². The number of nitrogens with one attached hydrogen (secondary N) is 1. The molecule has 1 heterocycles. The van der Waals surface area contributed by atoms with Gasteiger partial charge < -0.3 is 15.5 Å². The highest BCUT2D eigenvalue weighted by molar-refractivity contribution is 7.21. The summed E-state index contributed by atoms with van der Waals surface area (Å²) in [5, 5.41) is 23.3. The van der Waals surface area contributed by atoms with Gasteiger partial charge in [0.1, 0.15) is 4.88 Å². The molecule has 0 radical (unpaired) electrons. The number of carbonyl (C=O) groups is 1. The molecule has 1 unspecified atom stereocenters. The fraction of sp³-hybridized carbons (Fsp3) is 0.400. The third-order valence-electron chi connectivity index (χ3n) is 3.66. The summed E-state index contributed by atoms with van der Waals surface area (Å²) >= 11 is 1.29. The molecule has 0 fully saturated rings. The van der Waals surface area contributed by atoms with Crippen LogP contribution in [0.3, 0.4) is 0 Å². The molecule has 0 saturated heterocycles. The van der Waals surface area contributed by atoms with Gasteiger partial charge in [-0.1, -0.05) is 18.2 Å². The SMILES string of the molecule is CC(O)C(C)(C)NCc1c(C(=O)O)sc2ccccc12. The Labute approximate surface area is 122 Å². The number of fused-ring (bicyclic) bond motifs is 1. The van der Waals surface area contributed by atoms with Gasteiger partial charge in [-0.3, -0.25) is 0 Å². The van der Waals surface area contributed by atoms with Crippen LogP contribution in [0, 0.1) is 0 Å². The molecule has 4 nitrogen and oxygen atoms in total. The molecule has 1 aromatic carbocycles. The number of aliphatic hydroxyl groups is 1. The van der Waals surface area contributed by atoms with Crippen LogP contribution in [0.5, 0.6) is 0 Å². The zero-order valence-corrected chi connectivity index (χ0v) is 12.6. The lowest BCUT2D eigenvalue weighted by molar-refractivity contribution is 0.0700. The fourth-order valence-electron chi connectivity index (χ4n) is 1.91. The highest BCUT2D eigenvalue weighted by Gasteiger charge is 2.25. The maximum Gasteiger partial charge on any atom is 0.346 e. The lowest BCUT2D eigenvalue weighted by Gasteiger charge is -2.29. The normalized spacial score (nSPS) is 13.6. The second kappa shape index (κ2) is 5.52. The molecule has 108 valence electrons.